The van der Waals surface area contributed by atoms with Crippen LogP contribution >= 0.6 is 11.3 Å². The van der Waals surface area contributed by atoms with Crippen LogP contribution in [0.15, 0.2) is 17.8 Å². The first-order valence-corrected chi connectivity index (χ1v) is 15.8. The molecule has 236 valence electrons. The first-order valence-electron chi connectivity index (χ1n) is 14.9. The maximum Gasteiger partial charge on any atom is 0.308 e. The van der Waals surface area contributed by atoms with Gasteiger partial charge in [0.1, 0.15) is 16.5 Å². The Bertz CT molecular complexity index is 1250. The van der Waals surface area contributed by atoms with Crippen molar-refractivity contribution in [2.75, 3.05) is 14.2 Å². The highest BCUT2D eigenvalue weighted by Gasteiger charge is 2.32. The lowest BCUT2D eigenvalue weighted by atomic mass is 9.82. The van der Waals surface area contributed by atoms with Gasteiger partial charge in [-0.05, 0) is 43.6 Å². The number of carbonyl (C=O) groups is 4. The molecule has 2 amide bonds. The molecule has 1 N–H and O–H groups in total. The van der Waals surface area contributed by atoms with Crippen LogP contribution in [0.4, 0.5) is 0 Å². The Morgan fingerprint density at radius 1 is 1.12 bits per heavy atom. The van der Waals surface area contributed by atoms with Gasteiger partial charge in [-0.25, -0.2) is 15.0 Å². The quantitative estimate of drug-likeness (QED) is 0.288. The molecule has 0 radical (unpaired) electrons. The van der Waals surface area contributed by atoms with Crippen molar-refractivity contribution in [3.05, 3.63) is 39.9 Å². The third-order valence-corrected chi connectivity index (χ3v) is 8.92. The molecule has 1 unspecified atom stereocenters. The molecule has 0 aliphatic heterocycles. The molecule has 3 rings (SSSR count). The number of rotatable bonds is 15. The van der Waals surface area contributed by atoms with Crippen LogP contribution in [0.5, 0.6) is 0 Å². The zero-order chi connectivity index (χ0) is 31.7. The molecule has 2 aromatic heterocycles. The highest BCUT2D eigenvalue weighted by atomic mass is 32.1. The van der Waals surface area contributed by atoms with E-state index in [1.54, 1.807) is 29.6 Å². The first kappa shape index (κ1) is 34.1. The Hall–Kier alpha value is -3.41. The molecule has 2 heterocycles. The summed E-state index contributed by atoms with van der Waals surface area (Å²) in [5.41, 5.74) is 1.09. The largest absolute Gasteiger partial charge is 0.469 e. The number of hydrogen-bond donors (Lipinski definition) is 1. The molecular formula is C31H45N5O6S. The molecule has 1 fully saturated rings. The monoisotopic (exact) mass is 615 g/mol. The molecule has 43 heavy (non-hydrogen) atoms. The van der Waals surface area contributed by atoms with Gasteiger partial charge in [0.05, 0.1) is 13.0 Å². The van der Waals surface area contributed by atoms with Gasteiger partial charge in [-0.1, -0.05) is 27.2 Å². The molecule has 1 aliphatic rings. The number of ether oxygens (including phenoxy) is 2. The van der Waals surface area contributed by atoms with E-state index in [0.29, 0.717) is 42.4 Å². The van der Waals surface area contributed by atoms with Crippen molar-refractivity contribution in [1.82, 2.24) is 25.2 Å². The molecule has 0 aromatic carbocycles. The van der Waals surface area contributed by atoms with Crippen LogP contribution in [-0.4, -0.2) is 69.8 Å². The second kappa shape index (κ2) is 15.9. The number of aromatic nitrogens is 3. The summed E-state index contributed by atoms with van der Waals surface area (Å²) < 4.78 is 10.6. The fourth-order valence-electron chi connectivity index (χ4n) is 5.23. The van der Waals surface area contributed by atoms with Gasteiger partial charge < -0.3 is 19.7 Å². The van der Waals surface area contributed by atoms with Crippen LogP contribution in [0, 0.1) is 24.7 Å². The summed E-state index contributed by atoms with van der Waals surface area (Å²) in [6.45, 7) is 9.04. The standard InChI is InChI=1S/C31H45N5O6S/c1-18(2)25(36(6)28(38)12-22-9-8-10-22)14-26(42-21(5)37)30-35-24(17-43-30)29(39)34-23(11-20(4)31(40)41-7)13-27-32-15-19(3)16-33-27/h15-18,20,22-23,25-26H,8-14H2,1-7H3,(H,34,39)/t20-,23+,25?,26+/m0/s1. The highest BCUT2D eigenvalue weighted by Crippen LogP contribution is 2.33. The molecule has 1 aliphatic carbocycles. The summed E-state index contributed by atoms with van der Waals surface area (Å²) in [5.74, 6) is -0.538. The minimum absolute atomic E-state index is 0.0916. The van der Waals surface area contributed by atoms with E-state index in [1.165, 1.54) is 31.8 Å². The topological polar surface area (TPSA) is 141 Å². The van der Waals surface area contributed by atoms with E-state index in [9.17, 15) is 19.2 Å². The number of amides is 2. The van der Waals surface area contributed by atoms with Crippen LogP contribution < -0.4 is 5.32 Å². The van der Waals surface area contributed by atoms with Crippen molar-refractivity contribution < 1.29 is 28.7 Å². The molecule has 12 heteroatoms. The normalized spacial score (nSPS) is 16.0. The van der Waals surface area contributed by atoms with Crippen LogP contribution in [0.1, 0.15) is 99.2 Å². The third kappa shape index (κ3) is 10.1. The summed E-state index contributed by atoms with van der Waals surface area (Å²) >= 11 is 1.23. The van der Waals surface area contributed by atoms with Crippen molar-refractivity contribution in [2.45, 2.75) is 97.8 Å². The Morgan fingerprint density at radius 3 is 2.35 bits per heavy atom. The minimum Gasteiger partial charge on any atom is -0.469 e. The smallest absolute Gasteiger partial charge is 0.308 e. The fourth-order valence-corrected chi connectivity index (χ4v) is 6.07. The zero-order valence-corrected chi connectivity index (χ0v) is 27.1. The minimum atomic E-state index is -0.716. The zero-order valence-electron chi connectivity index (χ0n) is 26.3. The SMILES string of the molecule is COC(=O)[C@@H](C)C[C@H](Cc1ncc(C)cn1)NC(=O)c1csc([C@@H](CC(C(C)C)N(C)C(=O)CC2CCC2)OC(C)=O)n1. The van der Waals surface area contributed by atoms with E-state index in [0.717, 1.165) is 18.4 Å². The molecule has 0 saturated heterocycles. The molecule has 11 nitrogen and oxygen atoms in total. The number of hydrogen-bond acceptors (Lipinski definition) is 10. The van der Waals surface area contributed by atoms with E-state index in [-0.39, 0.29) is 29.5 Å². The van der Waals surface area contributed by atoms with Gasteiger partial charge in [0, 0.05) is 63.1 Å². The summed E-state index contributed by atoms with van der Waals surface area (Å²) in [6.07, 6.45) is 7.58. The van der Waals surface area contributed by atoms with Gasteiger partial charge in [-0.3, -0.25) is 19.2 Å². The van der Waals surface area contributed by atoms with E-state index < -0.39 is 29.9 Å². The predicted octanol–water partition coefficient (Wildman–Crippen LogP) is 4.45. The molecule has 4 atom stereocenters. The lowest BCUT2D eigenvalue weighted by Gasteiger charge is -2.35. The second-order valence-electron chi connectivity index (χ2n) is 11.9. The first-order chi connectivity index (χ1) is 20.4. The number of methoxy groups -OCH3 is 1. The molecule has 0 spiro atoms. The molecule has 1 saturated carbocycles. The van der Waals surface area contributed by atoms with Gasteiger partial charge in [0.15, 0.2) is 6.10 Å². The van der Waals surface area contributed by atoms with Gasteiger partial charge in [-0.15, -0.1) is 11.3 Å². The lowest BCUT2D eigenvalue weighted by Crippen LogP contribution is -2.42. The van der Waals surface area contributed by atoms with Crippen molar-refractivity contribution in [3.63, 3.8) is 0 Å². The summed E-state index contributed by atoms with van der Waals surface area (Å²) in [7, 11) is 3.14. The van der Waals surface area contributed by atoms with E-state index in [4.69, 9.17) is 9.47 Å². The predicted molar refractivity (Wildman–Crippen MR) is 162 cm³/mol. The fraction of sp³-hybridized carbons (Fsp3) is 0.645. The van der Waals surface area contributed by atoms with Crippen LogP contribution in [-0.2, 0) is 30.3 Å². The van der Waals surface area contributed by atoms with Gasteiger partial charge in [0.25, 0.3) is 5.91 Å². The van der Waals surface area contributed by atoms with Crippen LogP contribution in [0.25, 0.3) is 0 Å². The summed E-state index contributed by atoms with van der Waals surface area (Å²) in [5, 5.41) is 5.08. The molecule has 0 bridgehead atoms. The Morgan fingerprint density at radius 2 is 1.79 bits per heavy atom. The number of esters is 2. The molecular weight excluding hydrogens is 570 g/mol. The third-order valence-electron chi connectivity index (χ3n) is 7.98. The second-order valence-corrected chi connectivity index (χ2v) is 12.8. The van der Waals surface area contributed by atoms with E-state index >= 15 is 0 Å². The van der Waals surface area contributed by atoms with Crippen LogP contribution in [0.3, 0.4) is 0 Å². The van der Waals surface area contributed by atoms with Gasteiger partial charge in [0.2, 0.25) is 5.91 Å². The number of carbonyl (C=O) groups excluding carboxylic acids is 4. The van der Waals surface area contributed by atoms with Crippen molar-refractivity contribution in [3.8, 4) is 0 Å². The highest BCUT2D eigenvalue weighted by molar-refractivity contribution is 7.09. The summed E-state index contributed by atoms with van der Waals surface area (Å²) in [6, 6.07) is -0.642. The van der Waals surface area contributed by atoms with Gasteiger partial charge in [-0.2, -0.15) is 0 Å². The Balaban J connectivity index is 1.76. The van der Waals surface area contributed by atoms with Crippen molar-refractivity contribution in [2.24, 2.45) is 17.8 Å². The number of aryl methyl sites for hydroxylation is 1. The summed E-state index contributed by atoms with van der Waals surface area (Å²) in [4.78, 5) is 65.6. The van der Waals surface area contributed by atoms with E-state index in [1.807, 2.05) is 27.8 Å². The average molecular weight is 616 g/mol. The Kier molecular flexibility index (Phi) is 12.6. The molecule has 2 aromatic rings. The maximum absolute atomic E-state index is 13.4. The lowest BCUT2D eigenvalue weighted by molar-refractivity contribution is -0.148. The Labute approximate surface area is 258 Å². The van der Waals surface area contributed by atoms with Crippen molar-refractivity contribution >= 4 is 35.1 Å². The number of thiazole rings is 1. The van der Waals surface area contributed by atoms with Crippen molar-refractivity contribution in [1.29, 1.82) is 0 Å². The van der Waals surface area contributed by atoms with E-state index in [2.05, 4.69) is 20.3 Å². The number of nitrogens with one attached hydrogen (secondary N) is 1. The average Bonchev–Trinajstić information content (AvgIpc) is 3.43. The maximum atomic E-state index is 13.4. The van der Waals surface area contributed by atoms with Crippen LogP contribution in [0.2, 0.25) is 0 Å². The van der Waals surface area contributed by atoms with Gasteiger partial charge >= 0.3 is 11.9 Å². The number of nitrogens with zero attached hydrogens (tertiary/aromatic N) is 4.